The second-order valence-corrected chi connectivity index (χ2v) is 4.65. The lowest BCUT2D eigenvalue weighted by molar-refractivity contribution is 0.183. The van der Waals surface area contributed by atoms with E-state index in [-0.39, 0.29) is 17.8 Å². The topological polar surface area (TPSA) is 70.6 Å². The van der Waals surface area contributed by atoms with Crippen molar-refractivity contribution >= 4 is 6.03 Å². The Labute approximate surface area is 118 Å². The highest BCUT2D eigenvalue weighted by Gasteiger charge is 2.12. The van der Waals surface area contributed by atoms with Crippen LogP contribution in [0.1, 0.15) is 31.9 Å². The Morgan fingerprint density at radius 2 is 2.15 bits per heavy atom. The van der Waals surface area contributed by atoms with Crippen LogP contribution in [0.5, 0.6) is 5.75 Å². The monoisotopic (exact) mass is 284 g/mol. The fraction of sp³-hybridized carbons (Fsp3) is 0.500. The molecule has 3 N–H and O–H groups in total. The molecule has 0 aliphatic carbocycles. The number of aliphatic hydroxyl groups excluding tert-OH is 1. The first-order valence-electron chi connectivity index (χ1n) is 6.50. The summed E-state index contributed by atoms with van der Waals surface area (Å²) >= 11 is 0. The van der Waals surface area contributed by atoms with Gasteiger partial charge in [-0.1, -0.05) is 6.07 Å². The van der Waals surface area contributed by atoms with Crippen LogP contribution >= 0.6 is 0 Å². The zero-order valence-electron chi connectivity index (χ0n) is 11.9. The Bertz CT molecular complexity index is 452. The van der Waals surface area contributed by atoms with Gasteiger partial charge >= 0.3 is 6.03 Å². The molecule has 1 aromatic rings. The third-order valence-electron chi connectivity index (χ3n) is 2.87. The van der Waals surface area contributed by atoms with E-state index in [1.165, 1.54) is 13.2 Å². The normalized spacial score (nSPS) is 13.4. The van der Waals surface area contributed by atoms with Gasteiger partial charge in [-0.25, -0.2) is 9.18 Å². The zero-order chi connectivity index (χ0) is 15.1. The van der Waals surface area contributed by atoms with E-state index in [1.807, 2.05) is 0 Å². The molecule has 0 saturated carbocycles. The largest absolute Gasteiger partial charge is 0.494 e. The summed E-state index contributed by atoms with van der Waals surface area (Å²) in [5.74, 6) is -0.296. The Morgan fingerprint density at radius 1 is 1.45 bits per heavy atom. The molecule has 0 fully saturated rings. The van der Waals surface area contributed by atoms with E-state index >= 15 is 0 Å². The van der Waals surface area contributed by atoms with E-state index in [4.69, 9.17) is 9.84 Å². The van der Waals surface area contributed by atoms with Crippen molar-refractivity contribution in [3.05, 3.63) is 29.6 Å². The number of methoxy groups -OCH3 is 1. The molecule has 0 aromatic heterocycles. The minimum atomic E-state index is -0.450. The van der Waals surface area contributed by atoms with Gasteiger partial charge in [0.2, 0.25) is 0 Å². The summed E-state index contributed by atoms with van der Waals surface area (Å²) in [5.41, 5.74) is 0.744. The highest BCUT2D eigenvalue weighted by molar-refractivity contribution is 5.74. The summed E-state index contributed by atoms with van der Waals surface area (Å²) in [6.45, 7) is 3.84. The van der Waals surface area contributed by atoms with Crippen molar-refractivity contribution in [3.8, 4) is 5.75 Å². The summed E-state index contributed by atoms with van der Waals surface area (Å²) in [6.07, 6.45) is 0.0423. The van der Waals surface area contributed by atoms with Gasteiger partial charge in [-0.3, -0.25) is 0 Å². The summed E-state index contributed by atoms with van der Waals surface area (Å²) in [4.78, 5) is 11.6. The van der Waals surface area contributed by atoms with Crippen molar-refractivity contribution in [1.82, 2.24) is 10.6 Å². The van der Waals surface area contributed by atoms with Crippen molar-refractivity contribution in [2.75, 3.05) is 13.7 Å². The number of nitrogens with one attached hydrogen (secondary N) is 2. The minimum Gasteiger partial charge on any atom is -0.494 e. The van der Waals surface area contributed by atoms with Crippen molar-refractivity contribution in [3.63, 3.8) is 0 Å². The molecule has 0 radical (unpaired) electrons. The lowest BCUT2D eigenvalue weighted by atomic mass is 10.1. The van der Waals surface area contributed by atoms with Crippen LogP contribution in [0.15, 0.2) is 18.2 Å². The van der Waals surface area contributed by atoms with Gasteiger partial charge in [0.25, 0.3) is 0 Å². The van der Waals surface area contributed by atoms with Crippen LogP contribution in [0.4, 0.5) is 9.18 Å². The summed E-state index contributed by atoms with van der Waals surface area (Å²) in [6, 6.07) is 3.84. The fourth-order valence-electron chi connectivity index (χ4n) is 1.67. The number of rotatable bonds is 6. The molecule has 2 unspecified atom stereocenters. The number of ether oxygens (including phenoxy) is 1. The lowest BCUT2D eigenvalue weighted by Crippen LogP contribution is -2.38. The Balaban J connectivity index is 2.53. The van der Waals surface area contributed by atoms with E-state index in [0.29, 0.717) is 13.0 Å². The molecule has 5 nitrogen and oxygen atoms in total. The van der Waals surface area contributed by atoms with Crippen LogP contribution in [-0.4, -0.2) is 30.9 Å². The highest BCUT2D eigenvalue weighted by Crippen LogP contribution is 2.22. The average Bonchev–Trinajstić information content (AvgIpc) is 2.38. The third-order valence-corrected chi connectivity index (χ3v) is 2.87. The molecule has 0 aliphatic rings. The highest BCUT2D eigenvalue weighted by atomic mass is 19.1. The molecule has 1 rings (SSSR count). The first kappa shape index (κ1) is 16.2. The second kappa shape index (κ2) is 7.69. The van der Waals surface area contributed by atoms with E-state index in [1.54, 1.807) is 26.0 Å². The van der Waals surface area contributed by atoms with Crippen LogP contribution in [0.2, 0.25) is 0 Å². The number of aliphatic hydroxyl groups is 1. The number of hydrogen-bond donors (Lipinski definition) is 3. The predicted octanol–water partition coefficient (Wildman–Crippen LogP) is 1.97. The standard InChI is InChI=1S/C14H21FN2O3/c1-9(18)6-7-16-14(19)17-10(2)11-4-5-12(15)13(8-11)20-3/h4-5,8-10,18H,6-7H2,1-3H3,(H2,16,17,19). The maximum absolute atomic E-state index is 13.3. The summed E-state index contributed by atoms with van der Waals surface area (Å²) < 4.78 is 18.2. The minimum absolute atomic E-state index is 0.144. The molecule has 0 saturated heterocycles. The Hall–Kier alpha value is -1.82. The van der Waals surface area contributed by atoms with Gasteiger partial charge in [-0.15, -0.1) is 0 Å². The second-order valence-electron chi connectivity index (χ2n) is 4.65. The van der Waals surface area contributed by atoms with Crippen molar-refractivity contribution < 1.29 is 19.0 Å². The number of carbonyl (C=O) groups excluding carboxylic acids is 1. The number of halogens is 1. The van der Waals surface area contributed by atoms with Gasteiger partial charge in [0.1, 0.15) is 0 Å². The molecule has 1 aromatic carbocycles. The number of hydrogen-bond acceptors (Lipinski definition) is 3. The van der Waals surface area contributed by atoms with Crippen molar-refractivity contribution in [2.45, 2.75) is 32.4 Å². The van der Waals surface area contributed by atoms with Crippen LogP contribution in [0.3, 0.4) is 0 Å². The molecule has 2 amide bonds. The SMILES string of the molecule is COc1cc(C(C)NC(=O)NCCC(C)O)ccc1F. The number of amides is 2. The van der Waals surface area contributed by atoms with E-state index < -0.39 is 11.9 Å². The van der Waals surface area contributed by atoms with Crippen LogP contribution in [-0.2, 0) is 0 Å². The molecule has 20 heavy (non-hydrogen) atoms. The fourth-order valence-corrected chi connectivity index (χ4v) is 1.67. The smallest absolute Gasteiger partial charge is 0.315 e. The van der Waals surface area contributed by atoms with Gasteiger partial charge in [0.05, 0.1) is 19.3 Å². The lowest BCUT2D eigenvalue weighted by Gasteiger charge is -2.16. The third kappa shape index (κ3) is 5.05. The molecule has 112 valence electrons. The van der Waals surface area contributed by atoms with Crippen LogP contribution < -0.4 is 15.4 Å². The van der Waals surface area contributed by atoms with Gasteiger partial charge in [-0.2, -0.15) is 0 Å². The Kier molecular flexibility index (Phi) is 6.24. The van der Waals surface area contributed by atoms with Crippen LogP contribution in [0.25, 0.3) is 0 Å². The van der Waals surface area contributed by atoms with Gasteiger partial charge in [-0.05, 0) is 38.0 Å². The van der Waals surface area contributed by atoms with Gasteiger partial charge in [0, 0.05) is 6.54 Å². The maximum atomic E-state index is 13.3. The van der Waals surface area contributed by atoms with Crippen LogP contribution in [0, 0.1) is 5.82 Å². The molecule has 2 atom stereocenters. The maximum Gasteiger partial charge on any atom is 0.315 e. The zero-order valence-corrected chi connectivity index (χ0v) is 11.9. The summed E-state index contributed by atoms with van der Waals surface area (Å²) in [5, 5.41) is 14.5. The quantitative estimate of drug-likeness (QED) is 0.748. The number of benzene rings is 1. The molecule has 0 aliphatic heterocycles. The summed E-state index contributed by atoms with van der Waals surface area (Å²) in [7, 11) is 1.39. The predicted molar refractivity (Wildman–Crippen MR) is 74.2 cm³/mol. The molecular weight excluding hydrogens is 263 g/mol. The van der Waals surface area contributed by atoms with Crippen molar-refractivity contribution in [2.24, 2.45) is 0 Å². The first-order chi connectivity index (χ1) is 9.43. The van der Waals surface area contributed by atoms with E-state index in [2.05, 4.69) is 10.6 Å². The Morgan fingerprint density at radius 3 is 2.75 bits per heavy atom. The van der Waals surface area contributed by atoms with E-state index in [0.717, 1.165) is 5.56 Å². The molecule has 0 spiro atoms. The van der Waals surface area contributed by atoms with Crippen molar-refractivity contribution in [1.29, 1.82) is 0 Å². The molecule has 0 heterocycles. The van der Waals surface area contributed by atoms with Gasteiger partial charge in [0.15, 0.2) is 11.6 Å². The number of urea groups is 1. The molecule has 6 heteroatoms. The van der Waals surface area contributed by atoms with Gasteiger partial charge < -0.3 is 20.5 Å². The molecular formula is C14H21FN2O3. The van der Waals surface area contributed by atoms with E-state index in [9.17, 15) is 9.18 Å². The molecule has 0 bridgehead atoms. The average molecular weight is 284 g/mol. The first-order valence-corrected chi connectivity index (χ1v) is 6.50. The number of carbonyl (C=O) groups is 1.